The lowest BCUT2D eigenvalue weighted by Gasteiger charge is -2.25. The van der Waals surface area contributed by atoms with Gasteiger partial charge >= 0.3 is 0 Å². The van der Waals surface area contributed by atoms with Crippen molar-refractivity contribution in [1.82, 2.24) is 4.90 Å². The van der Waals surface area contributed by atoms with Crippen molar-refractivity contribution in [3.63, 3.8) is 0 Å². The number of nitrogens with zero attached hydrogens (tertiary/aromatic N) is 1. The number of hydrogen-bond donors (Lipinski definition) is 1. The van der Waals surface area contributed by atoms with Gasteiger partial charge in [-0.3, -0.25) is 4.79 Å². The number of carbonyl (C=O) groups is 1. The summed E-state index contributed by atoms with van der Waals surface area (Å²) in [4.78, 5) is 15.6. The monoisotopic (exact) mass is 324 g/mol. The Morgan fingerprint density at radius 3 is 2.67 bits per heavy atom. The van der Waals surface area contributed by atoms with Crippen LogP contribution in [0.25, 0.3) is 0 Å². The fraction of sp³-hybridized carbons (Fsp3) is 0.312. The van der Waals surface area contributed by atoms with Gasteiger partial charge in [0.15, 0.2) is 0 Å². The number of nitrogens with two attached hydrogens (primary N) is 1. The molecule has 1 amide bonds. The molecule has 114 valence electrons. The summed E-state index contributed by atoms with van der Waals surface area (Å²) in [5.74, 6) is 0.0390. The summed E-state index contributed by atoms with van der Waals surface area (Å²) in [6.45, 7) is 3.99. The third-order valence-corrected chi connectivity index (χ3v) is 4.47. The van der Waals surface area contributed by atoms with E-state index < -0.39 is 0 Å². The molecule has 1 aromatic heterocycles. The van der Waals surface area contributed by atoms with Gasteiger partial charge in [-0.2, -0.15) is 0 Å². The van der Waals surface area contributed by atoms with Crippen LogP contribution in [-0.2, 0) is 6.42 Å². The van der Waals surface area contributed by atoms with Crippen molar-refractivity contribution in [3.05, 3.63) is 51.7 Å². The average Bonchev–Trinajstić information content (AvgIpc) is 2.93. The predicted octanol–water partition coefficient (Wildman–Crippen LogP) is 3.76. The molecule has 0 aliphatic heterocycles. The fourth-order valence-electron chi connectivity index (χ4n) is 2.07. The molecule has 0 radical (unpaired) electrons. The second-order valence-corrected chi connectivity index (χ2v) is 6.15. The van der Waals surface area contributed by atoms with Crippen LogP contribution < -0.4 is 5.73 Å². The summed E-state index contributed by atoms with van der Waals surface area (Å²) in [5.41, 5.74) is 8.14. The van der Waals surface area contributed by atoms with Crippen LogP contribution in [0.2, 0.25) is 0 Å². The molecule has 0 saturated carbocycles. The number of anilines is 1. The van der Waals surface area contributed by atoms with Gasteiger partial charge in [-0.1, -0.05) is 6.07 Å². The van der Waals surface area contributed by atoms with Crippen LogP contribution in [0.4, 0.5) is 5.69 Å². The first-order valence-corrected chi connectivity index (χ1v) is 7.52. The molecule has 1 atom stereocenters. The number of carbonyl (C=O) groups excluding carboxylic acids is 1. The maximum Gasteiger partial charge on any atom is 0.253 e. The van der Waals surface area contributed by atoms with Gasteiger partial charge < -0.3 is 10.6 Å². The predicted molar refractivity (Wildman–Crippen MR) is 92.4 cm³/mol. The van der Waals surface area contributed by atoms with Crippen LogP contribution in [0.3, 0.4) is 0 Å². The smallest absolute Gasteiger partial charge is 0.253 e. The second kappa shape index (κ2) is 7.48. The number of thiophene rings is 1. The Balaban J connectivity index is 0.00000220. The molecule has 0 saturated heterocycles. The fourth-order valence-corrected chi connectivity index (χ4v) is 2.90. The summed E-state index contributed by atoms with van der Waals surface area (Å²) < 4.78 is 0. The molecule has 0 bridgehead atoms. The quantitative estimate of drug-likeness (QED) is 0.870. The number of aryl methyl sites for hydroxylation is 1. The minimum atomic E-state index is 0. The molecule has 2 aromatic rings. The van der Waals surface area contributed by atoms with Crippen LogP contribution >= 0.6 is 23.7 Å². The minimum Gasteiger partial charge on any atom is -0.399 e. The zero-order chi connectivity index (χ0) is 14.7. The highest BCUT2D eigenvalue weighted by Crippen LogP contribution is 2.17. The van der Waals surface area contributed by atoms with Crippen molar-refractivity contribution in [2.45, 2.75) is 26.3 Å². The lowest BCUT2D eigenvalue weighted by Crippen LogP contribution is -2.36. The Kier molecular flexibility index (Phi) is 6.24. The first-order chi connectivity index (χ1) is 9.49. The number of benzene rings is 1. The maximum absolute atomic E-state index is 12.5. The van der Waals surface area contributed by atoms with Gasteiger partial charge in [0.25, 0.3) is 5.91 Å². The second-order valence-electron chi connectivity index (χ2n) is 5.12. The van der Waals surface area contributed by atoms with E-state index in [4.69, 9.17) is 5.73 Å². The topological polar surface area (TPSA) is 46.3 Å². The third kappa shape index (κ3) is 4.22. The lowest BCUT2D eigenvalue weighted by molar-refractivity contribution is 0.0744. The Hall–Kier alpha value is -1.52. The first kappa shape index (κ1) is 17.5. The number of rotatable bonds is 4. The Morgan fingerprint density at radius 2 is 2.10 bits per heavy atom. The number of likely N-dealkylation sites (N-methyl/N-ethyl adjacent to an activating group) is 1. The summed E-state index contributed by atoms with van der Waals surface area (Å²) in [7, 11) is 1.85. The van der Waals surface area contributed by atoms with Crippen molar-refractivity contribution in [2.24, 2.45) is 0 Å². The van der Waals surface area contributed by atoms with Crippen molar-refractivity contribution < 1.29 is 4.79 Å². The maximum atomic E-state index is 12.5. The van der Waals surface area contributed by atoms with Gasteiger partial charge in [0.1, 0.15) is 0 Å². The van der Waals surface area contributed by atoms with Crippen LogP contribution in [0.15, 0.2) is 35.7 Å². The van der Waals surface area contributed by atoms with Crippen molar-refractivity contribution >= 4 is 35.3 Å². The molecule has 0 fully saturated rings. The molecule has 3 nitrogen and oxygen atoms in total. The average molecular weight is 325 g/mol. The van der Waals surface area contributed by atoms with Crippen molar-refractivity contribution in [3.8, 4) is 0 Å². The van der Waals surface area contributed by atoms with E-state index in [2.05, 4.69) is 18.4 Å². The molecule has 5 heteroatoms. The van der Waals surface area contributed by atoms with E-state index in [9.17, 15) is 4.79 Å². The Labute approximate surface area is 136 Å². The molecule has 2 rings (SSSR count). The normalized spacial score (nSPS) is 11.6. The summed E-state index contributed by atoms with van der Waals surface area (Å²) >= 11 is 1.73. The summed E-state index contributed by atoms with van der Waals surface area (Å²) in [5, 5.41) is 2.06. The summed E-state index contributed by atoms with van der Waals surface area (Å²) in [6.07, 6.45) is 0.883. The molecule has 1 aromatic carbocycles. The molecule has 0 spiro atoms. The zero-order valence-corrected chi connectivity index (χ0v) is 14.1. The van der Waals surface area contributed by atoms with E-state index in [1.165, 1.54) is 4.88 Å². The zero-order valence-electron chi connectivity index (χ0n) is 12.5. The lowest BCUT2D eigenvalue weighted by atomic mass is 10.1. The van der Waals surface area contributed by atoms with Crippen molar-refractivity contribution in [1.29, 1.82) is 0 Å². The van der Waals surface area contributed by atoms with Crippen molar-refractivity contribution in [2.75, 3.05) is 12.8 Å². The highest BCUT2D eigenvalue weighted by molar-refractivity contribution is 7.09. The van der Waals surface area contributed by atoms with Crippen LogP contribution in [0, 0.1) is 6.92 Å². The Bertz CT molecular complexity index is 598. The van der Waals surface area contributed by atoms with Gasteiger partial charge in [0.2, 0.25) is 0 Å². The molecular formula is C16H21ClN2OS. The Morgan fingerprint density at radius 1 is 1.38 bits per heavy atom. The van der Waals surface area contributed by atoms with E-state index in [1.54, 1.807) is 28.4 Å². The molecule has 2 N–H and O–H groups in total. The molecule has 0 aliphatic carbocycles. The SMILES string of the molecule is Cc1cc(C(=O)N(C)C(C)Cc2cccs2)ccc1N.Cl. The molecule has 1 heterocycles. The van der Waals surface area contributed by atoms with Gasteiger partial charge in [0.05, 0.1) is 0 Å². The number of amides is 1. The minimum absolute atomic E-state index is 0. The van der Waals surface area contributed by atoms with Crippen LogP contribution in [0.1, 0.15) is 27.7 Å². The number of hydrogen-bond acceptors (Lipinski definition) is 3. The molecular weight excluding hydrogens is 304 g/mol. The number of nitrogen functional groups attached to an aromatic ring is 1. The highest BCUT2D eigenvalue weighted by Gasteiger charge is 2.18. The van der Waals surface area contributed by atoms with Gasteiger partial charge in [0, 0.05) is 35.6 Å². The van der Waals surface area contributed by atoms with E-state index in [-0.39, 0.29) is 24.4 Å². The van der Waals surface area contributed by atoms with E-state index >= 15 is 0 Å². The standard InChI is InChI=1S/C16H20N2OS.ClH/c1-11-9-13(6-7-15(11)17)16(19)18(3)12(2)10-14-5-4-8-20-14;/h4-9,12H,10,17H2,1-3H3;1H. The first-order valence-electron chi connectivity index (χ1n) is 6.64. The van der Waals surface area contributed by atoms with E-state index in [0.717, 1.165) is 17.7 Å². The highest BCUT2D eigenvalue weighted by atomic mass is 35.5. The van der Waals surface area contributed by atoms with Gasteiger partial charge in [-0.05, 0) is 49.1 Å². The van der Waals surface area contributed by atoms with Gasteiger partial charge in [-0.15, -0.1) is 23.7 Å². The van der Waals surface area contributed by atoms with Gasteiger partial charge in [-0.25, -0.2) is 0 Å². The van der Waals surface area contributed by atoms with Crippen LogP contribution in [0.5, 0.6) is 0 Å². The van der Waals surface area contributed by atoms with Crippen LogP contribution in [-0.4, -0.2) is 23.9 Å². The number of halogens is 1. The largest absolute Gasteiger partial charge is 0.399 e. The summed E-state index contributed by atoms with van der Waals surface area (Å²) in [6, 6.07) is 9.75. The molecule has 1 unspecified atom stereocenters. The third-order valence-electron chi connectivity index (χ3n) is 3.57. The molecule has 21 heavy (non-hydrogen) atoms. The molecule has 0 aliphatic rings. The van der Waals surface area contributed by atoms with E-state index in [0.29, 0.717) is 5.56 Å². The van der Waals surface area contributed by atoms with E-state index in [1.807, 2.05) is 26.1 Å².